The van der Waals surface area contributed by atoms with E-state index in [1.807, 2.05) is 6.07 Å². The van der Waals surface area contributed by atoms with Crippen LogP contribution in [0.5, 0.6) is 0 Å². The Hall–Kier alpha value is -6.12. The van der Waals surface area contributed by atoms with E-state index in [-0.39, 0.29) is 0 Å². The van der Waals surface area contributed by atoms with Crippen molar-refractivity contribution in [2.45, 2.75) is 31.1 Å². The lowest BCUT2D eigenvalue weighted by Crippen LogP contribution is -2.70. The number of hydrogen-bond donors (Lipinski definition) is 0. The summed E-state index contributed by atoms with van der Waals surface area (Å²) in [5.74, 6) is 3.28. The average molecular weight is 692 g/mol. The van der Waals surface area contributed by atoms with Crippen LogP contribution in [0.4, 0.5) is 17.1 Å². The highest BCUT2D eigenvalue weighted by molar-refractivity contribution is 6.09. The van der Waals surface area contributed by atoms with Crippen LogP contribution in [-0.2, 0) is 0 Å². The van der Waals surface area contributed by atoms with Gasteiger partial charge in [-0.3, -0.25) is 0 Å². The Kier molecular flexibility index (Phi) is 5.71. The van der Waals surface area contributed by atoms with E-state index in [1.54, 1.807) is 11.1 Å². The van der Waals surface area contributed by atoms with Crippen LogP contribution in [0.25, 0.3) is 65.7 Å². The van der Waals surface area contributed by atoms with E-state index in [2.05, 4.69) is 163 Å². The van der Waals surface area contributed by atoms with E-state index in [9.17, 15) is 0 Å². The van der Waals surface area contributed by atoms with Crippen molar-refractivity contribution in [3.05, 3.63) is 175 Å². The number of para-hydroxylation sites is 1. The number of benzene rings is 8. The van der Waals surface area contributed by atoms with Gasteiger partial charge in [-0.2, -0.15) is 0 Å². The molecule has 2 nitrogen and oxygen atoms in total. The zero-order valence-electron chi connectivity index (χ0n) is 29.9. The first-order valence-corrected chi connectivity index (χ1v) is 19.7. The molecule has 4 aliphatic carbocycles. The van der Waals surface area contributed by atoms with Gasteiger partial charge in [-0.15, -0.1) is 0 Å². The van der Waals surface area contributed by atoms with E-state index in [1.165, 1.54) is 63.1 Å². The minimum Gasteiger partial charge on any atom is -0.456 e. The predicted molar refractivity (Wildman–Crippen MR) is 223 cm³/mol. The van der Waals surface area contributed by atoms with Gasteiger partial charge in [-0.1, -0.05) is 115 Å². The SMILES string of the molecule is c1ccc2c(c1)-c1ccc(-c3ccc(N(c4ccc5c(ccc6ccccc65)c4)c4ccc5c(c4)oc4ccccc45)cc3)cc1C1CC3CC4CC2C431. The number of fused-ring (bicyclic) bond motifs is 11. The largest absolute Gasteiger partial charge is 0.456 e. The van der Waals surface area contributed by atoms with Gasteiger partial charge in [0.1, 0.15) is 11.2 Å². The topological polar surface area (TPSA) is 16.4 Å². The van der Waals surface area contributed by atoms with E-state index < -0.39 is 0 Å². The number of hydrogen-bond acceptors (Lipinski definition) is 2. The highest BCUT2D eigenvalue weighted by atomic mass is 16.3. The molecule has 13 rings (SSSR count). The van der Waals surface area contributed by atoms with Gasteiger partial charge in [0.25, 0.3) is 0 Å². The minimum atomic E-state index is 0.525. The molecule has 4 aliphatic rings. The van der Waals surface area contributed by atoms with E-state index in [0.717, 1.165) is 56.8 Å². The Morgan fingerprint density at radius 1 is 0.426 bits per heavy atom. The molecule has 0 N–H and O–H groups in total. The molecule has 0 amide bonds. The number of furan rings is 1. The molecule has 3 saturated carbocycles. The molecular weight excluding hydrogens is 655 g/mol. The van der Waals surface area contributed by atoms with Gasteiger partial charge in [-0.05, 0) is 146 Å². The summed E-state index contributed by atoms with van der Waals surface area (Å²) in [4.78, 5) is 2.38. The predicted octanol–water partition coefficient (Wildman–Crippen LogP) is 14.3. The first kappa shape index (κ1) is 29.3. The van der Waals surface area contributed by atoms with Crippen LogP contribution in [0.3, 0.4) is 0 Å². The Balaban J connectivity index is 0.932. The van der Waals surface area contributed by atoms with Crippen molar-refractivity contribution in [2.75, 3.05) is 4.90 Å². The second-order valence-electron chi connectivity index (χ2n) is 16.4. The number of rotatable bonds is 4. The highest BCUT2D eigenvalue weighted by Gasteiger charge is 2.76. The molecule has 0 aliphatic heterocycles. The maximum atomic E-state index is 6.41. The summed E-state index contributed by atoms with van der Waals surface area (Å²) in [7, 11) is 0. The Morgan fingerprint density at radius 2 is 1.06 bits per heavy atom. The van der Waals surface area contributed by atoms with Crippen molar-refractivity contribution >= 4 is 60.5 Å². The molecule has 0 radical (unpaired) electrons. The van der Waals surface area contributed by atoms with Crippen LogP contribution in [0.2, 0.25) is 0 Å². The van der Waals surface area contributed by atoms with Gasteiger partial charge in [-0.25, -0.2) is 0 Å². The summed E-state index contributed by atoms with van der Waals surface area (Å²) in [6, 6.07) is 60.9. The smallest absolute Gasteiger partial charge is 0.137 e. The van der Waals surface area contributed by atoms with Crippen molar-refractivity contribution in [1.82, 2.24) is 0 Å². The quantitative estimate of drug-likeness (QED) is 0.171. The monoisotopic (exact) mass is 691 g/mol. The zero-order chi connectivity index (χ0) is 35.1. The van der Waals surface area contributed by atoms with Gasteiger partial charge in [0.2, 0.25) is 0 Å². The molecule has 0 saturated heterocycles. The van der Waals surface area contributed by atoms with Gasteiger partial charge in [0.05, 0.1) is 0 Å². The van der Waals surface area contributed by atoms with Crippen molar-refractivity contribution in [3.8, 4) is 22.3 Å². The van der Waals surface area contributed by atoms with Gasteiger partial charge < -0.3 is 9.32 Å². The minimum absolute atomic E-state index is 0.525. The maximum Gasteiger partial charge on any atom is 0.137 e. The first-order chi connectivity index (χ1) is 26.7. The summed E-state index contributed by atoms with van der Waals surface area (Å²) in [6.07, 6.45) is 4.21. The Labute approximate surface area is 314 Å². The second kappa shape index (κ2) is 10.5. The fraction of sp³-hybridized carbons (Fsp3) is 0.154. The molecule has 1 spiro atoms. The van der Waals surface area contributed by atoms with Gasteiger partial charge in [0, 0.05) is 33.9 Å². The molecule has 256 valence electrons. The first-order valence-electron chi connectivity index (χ1n) is 19.7. The maximum absolute atomic E-state index is 6.41. The zero-order valence-corrected chi connectivity index (χ0v) is 29.9. The van der Waals surface area contributed by atoms with Gasteiger partial charge in [0.15, 0.2) is 0 Å². The van der Waals surface area contributed by atoms with Crippen molar-refractivity contribution < 1.29 is 4.42 Å². The van der Waals surface area contributed by atoms with Crippen LogP contribution >= 0.6 is 0 Å². The van der Waals surface area contributed by atoms with Gasteiger partial charge >= 0.3 is 0 Å². The third-order valence-corrected chi connectivity index (χ3v) is 14.4. The van der Waals surface area contributed by atoms with Crippen LogP contribution < -0.4 is 4.90 Å². The lowest BCUT2D eigenvalue weighted by molar-refractivity contribution is -0.252. The van der Waals surface area contributed by atoms with Crippen LogP contribution in [0, 0.1) is 17.3 Å². The molecule has 1 aromatic heterocycles. The fourth-order valence-corrected chi connectivity index (χ4v) is 11.9. The lowest BCUT2D eigenvalue weighted by atomic mass is 9.25. The summed E-state index contributed by atoms with van der Waals surface area (Å²) in [5, 5.41) is 7.32. The molecule has 1 heterocycles. The summed E-state index contributed by atoms with van der Waals surface area (Å²) in [5.41, 5.74) is 14.4. The molecule has 0 bridgehead atoms. The van der Waals surface area contributed by atoms with Crippen molar-refractivity contribution in [1.29, 1.82) is 0 Å². The standard InChI is InChI=1S/C52H37NO/c1-2-8-40-32(7-1)13-14-34-25-38(20-23-41(34)40)53(39-21-24-46-45-11-5-6-12-50(45)54-51(46)30-39)37-18-15-31(16-19-37)33-17-22-43-42-9-3-4-10-44(42)48-28-35-27-36-29-49(47(43)26-33)52(35,36)48/h1-26,30,35-36,48-49H,27-29H2. The fourth-order valence-electron chi connectivity index (χ4n) is 11.9. The third kappa shape index (κ3) is 3.75. The Bertz CT molecular complexity index is 3020. The van der Waals surface area contributed by atoms with Crippen molar-refractivity contribution in [2.24, 2.45) is 17.3 Å². The molecule has 2 heteroatoms. The molecular formula is C52H37NO. The molecule has 9 aromatic rings. The van der Waals surface area contributed by atoms with Crippen LogP contribution in [0.1, 0.15) is 42.2 Å². The molecule has 3 fully saturated rings. The summed E-state index contributed by atoms with van der Waals surface area (Å²) < 4.78 is 6.41. The molecule has 5 atom stereocenters. The van der Waals surface area contributed by atoms with E-state index >= 15 is 0 Å². The van der Waals surface area contributed by atoms with E-state index in [0.29, 0.717) is 11.3 Å². The number of nitrogens with zero attached hydrogens (tertiary/aromatic N) is 1. The van der Waals surface area contributed by atoms with Crippen molar-refractivity contribution in [3.63, 3.8) is 0 Å². The van der Waals surface area contributed by atoms with E-state index in [4.69, 9.17) is 4.42 Å². The second-order valence-corrected chi connectivity index (χ2v) is 16.4. The summed E-state index contributed by atoms with van der Waals surface area (Å²) >= 11 is 0. The number of anilines is 3. The highest BCUT2D eigenvalue weighted by Crippen LogP contribution is 2.85. The third-order valence-electron chi connectivity index (χ3n) is 14.4. The molecule has 54 heavy (non-hydrogen) atoms. The normalized spacial score (nSPS) is 23.0. The molecule has 8 aromatic carbocycles. The lowest BCUT2D eigenvalue weighted by Gasteiger charge is -2.78. The van der Waals surface area contributed by atoms with Crippen LogP contribution in [0.15, 0.2) is 168 Å². The summed E-state index contributed by atoms with van der Waals surface area (Å²) in [6.45, 7) is 0. The molecule has 5 unspecified atom stereocenters. The van der Waals surface area contributed by atoms with Crippen LogP contribution in [-0.4, -0.2) is 0 Å². The average Bonchev–Trinajstić information content (AvgIpc) is 3.54. The Morgan fingerprint density at radius 3 is 1.93 bits per heavy atom.